The summed E-state index contributed by atoms with van der Waals surface area (Å²) < 4.78 is 0. The molecule has 1 atom stereocenters. The van der Waals surface area contributed by atoms with E-state index in [1.54, 1.807) is 6.92 Å². The molecule has 3 heteroatoms. The fourth-order valence-corrected chi connectivity index (χ4v) is 2.37. The van der Waals surface area contributed by atoms with E-state index < -0.39 is 5.97 Å². The lowest BCUT2D eigenvalue weighted by molar-refractivity contribution is -0.141. The number of aliphatic carboxylic acids is 1. The Balaban J connectivity index is 2.18. The quantitative estimate of drug-likeness (QED) is 0.868. The molecule has 17 heavy (non-hydrogen) atoms. The van der Waals surface area contributed by atoms with Crippen LogP contribution >= 0.6 is 0 Å². The van der Waals surface area contributed by atoms with Gasteiger partial charge in [-0.25, -0.2) is 0 Å². The van der Waals surface area contributed by atoms with E-state index in [1.165, 1.54) is 18.5 Å². The van der Waals surface area contributed by atoms with Crippen molar-refractivity contribution in [3.05, 3.63) is 29.8 Å². The Bertz CT molecular complexity index is 397. The molecule has 0 radical (unpaired) electrons. The minimum Gasteiger partial charge on any atom is -0.481 e. The zero-order valence-electron chi connectivity index (χ0n) is 10.2. The van der Waals surface area contributed by atoms with Crippen LogP contribution in [0.25, 0.3) is 0 Å². The van der Waals surface area contributed by atoms with Crippen molar-refractivity contribution in [2.75, 3.05) is 18.0 Å². The van der Waals surface area contributed by atoms with Gasteiger partial charge in [-0.05, 0) is 30.9 Å². The zero-order valence-corrected chi connectivity index (χ0v) is 10.2. The molecule has 1 aromatic carbocycles. The minimum absolute atomic E-state index is 0.321. The van der Waals surface area contributed by atoms with Gasteiger partial charge in [0.1, 0.15) is 0 Å². The molecule has 1 aromatic rings. The molecule has 92 valence electrons. The summed E-state index contributed by atoms with van der Waals surface area (Å²) in [6.07, 6.45) is 3.09. The number of para-hydroxylation sites is 1. The summed E-state index contributed by atoms with van der Waals surface area (Å²) in [5.74, 6) is -1.04. The molecule has 1 aliphatic heterocycles. The van der Waals surface area contributed by atoms with E-state index in [4.69, 9.17) is 5.11 Å². The molecule has 0 aromatic heterocycles. The maximum atomic E-state index is 10.9. The van der Waals surface area contributed by atoms with Gasteiger partial charge in [-0.1, -0.05) is 25.1 Å². The van der Waals surface area contributed by atoms with Gasteiger partial charge in [0.15, 0.2) is 0 Å². The average Bonchev–Trinajstić information content (AvgIpc) is 2.83. The van der Waals surface area contributed by atoms with E-state index in [0.717, 1.165) is 18.7 Å². The van der Waals surface area contributed by atoms with Crippen LogP contribution in [0.4, 0.5) is 5.69 Å². The monoisotopic (exact) mass is 233 g/mol. The summed E-state index contributed by atoms with van der Waals surface area (Å²) in [5, 5.41) is 8.99. The Kier molecular flexibility index (Phi) is 3.67. The second kappa shape index (κ2) is 5.21. The number of benzene rings is 1. The smallest absolute Gasteiger partial charge is 0.306 e. The number of carbonyl (C=O) groups is 1. The highest BCUT2D eigenvalue weighted by atomic mass is 16.4. The van der Waals surface area contributed by atoms with Crippen molar-refractivity contribution in [3.8, 4) is 0 Å². The molecule has 0 saturated carbocycles. The number of carboxylic acids is 1. The molecule has 3 nitrogen and oxygen atoms in total. The largest absolute Gasteiger partial charge is 0.481 e. The fraction of sp³-hybridized carbons (Fsp3) is 0.500. The third-order valence-corrected chi connectivity index (χ3v) is 3.39. The van der Waals surface area contributed by atoms with Crippen molar-refractivity contribution in [1.29, 1.82) is 0 Å². The van der Waals surface area contributed by atoms with Gasteiger partial charge in [0.25, 0.3) is 0 Å². The molecule has 1 heterocycles. The SMILES string of the molecule is CC(Cc1ccccc1N1CCCC1)C(=O)O. The molecule has 1 N–H and O–H groups in total. The molecule has 1 saturated heterocycles. The Morgan fingerprint density at radius 2 is 2.00 bits per heavy atom. The molecular formula is C14H19NO2. The van der Waals surface area contributed by atoms with Crippen LogP contribution in [0.1, 0.15) is 25.3 Å². The second-order valence-corrected chi connectivity index (χ2v) is 4.77. The first-order valence-corrected chi connectivity index (χ1v) is 6.24. The lowest BCUT2D eigenvalue weighted by Gasteiger charge is -2.22. The van der Waals surface area contributed by atoms with Gasteiger partial charge in [0, 0.05) is 18.8 Å². The summed E-state index contributed by atoms with van der Waals surface area (Å²) in [6.45, 7) is 3.96. The van der Waals surface area contributed by atoms with Crippen molar-refractivity contribution in [2.45, 2.75) is 26.2 Å². The highest BCUT2D eigenvalue weighted by molar-refractivity contribution is 5.70. The van der Waals surface area contributed by atoms with Crippen LogP contribution in [0.2, 0.25) is 0 Å². The van der Waals surface area contributed by atoms with Crippen molar-refractivity contribution < 1.29 is 9.90 Å². The summed E-state index contributed by atoms with van der Waals surface area (Å²) in [5.41, 5.74) is 2.38. The average molecular weight is 233 g/mol. The van der Waals surface area contributed by atoms with Gasteiger partial charge < -0.3 is 10.0 Å². The van der Waals surface area contributed by atoms with E-state index in [-0.39, 0.29) is 5.92 Å². The first-order chi connectivity index (χ1) is 8.18. The number of carboxylic acid groups (broad SMARTS) is 1. The molecular weight excluding hydrogens is 214 g/mol. The third kappa shape index (κ3) is 2.78. The highest BCUT2D eigenvalue weighted by Crippen LogP contribution is 2.26. The number of hydrogen-bond donors (Lipinski definition) is 1. The van der Waals surface area contributed by atoms with E-state index in [9.17, 15) is 4.79 Å². The molecule has 1 fully saturated rings. The second-order valence-electron chi connectivity index (χ2n) is 4.77. The van der Waals surface area contributed by atoms with Crippen LogP contribution in [-0.2, 0) is 11.2 Å². The normalized spacial score (nSPS) is 17.1. The van der Waals surface area contributed by atoms with E-state index in [1.807, 2.05) is 18.2 Å². The molecule has 0 aliphatic carbocycles. The Morgan fingerprint density at radius 1 is 1.35 bits per heavy atom. The van der Waals surface area contributed by atoms with Gasteiger partial charge >= 0.3 is 5.97 Å². The van der Waals surface area contributed by atoms with Gasteiger partial charge in [0.2, 0.25) is 0 Å². The number of rotatable bonds is 4. The van der Waals surface area contributed by atoms with Gasteiger partial charge in [-0.15, -0.1) is 0 Å². The van der Waals surface area contributed by atoms with Crippen LogP contribution in [0.5, 0.6) is 0 Å². The van der Waals surface area contributed by atoms with Crippen molar-refractivity contribution >= 4 is 11.7 Å². The maximum absolute atomic E-state index is 10.9. The number of nitrogens with zero attached hydrogens (tertiary/aromatic N) is 1. The predicted octanol–water partition coefficient (Wildman–Crippen LogP) is 2.55. The van der Waals surface area contributed by atoms with Gasteiger partial charge in [0.05, 0.1) is 5.92 Å². The topological polar surface area (TPSA) is 40.5 Å². The van der Waals surface area contributed by atoms with Crippen LogP contribution in [0.3, 0.4) is 0 Å². The third-order valence-electron chi connectivity index (χ3n) is 3.39. The summed E-state index contributed by atoms with van der Waals surface area (Å²) in [4.78, 5) is 13.3. The van der Waals surface area contributed by atoms with Crippen LogP contribution in [0.15, 0.2) is 24.3 Å². The van der Waals surface area contributed by atoms with E-state index in [2.05, 4.69) is 11.0 Å². The van der Waals surface area contributed by atoms with E-state index >= 15 is 0 Å². The van der Waals surface area contributed by atoms with Crippen LogP contribution in [-0.4, -0.2) is 24.2 Å². The molecule has 1 aliphatic rings. The fourth-order valence-electron chi connectivity index (χ4n) is 2.37. The maximum Gasteiger partial charge on any atom is 0.306 e. The van der Waals surface area contributed by atoms with Gasteiger partial charge in [-0.2, -0.15) is 0 Å². The molecule has 0 spiro atoms. The first-order valence-electron chi connectivity index (χ1n) is 6.24. The molecule has 2 rings (SSSR count). The number of anilines is 1. The zero-order chi connectivity index (χ0) is 12.3. The Labute approximate surface area is 102 Å². The lowest BCUT2D eigenvalue weighted by Crippen LogP contribution is -2.21. The van der Waals surface area contributed by atoms with Crippen molar-refractivity contribution in [2.24, 2.45) is 5.92 Å². The lowest BCUT2D eigenvalue weighted by atomic mass is 9.99. The summed E-state index contributed by atoms with van der Waals surface area (Å²) in [6, 6.07) is 8.17. The molecule has 1 unspecified atom stereocenters. The predicted molar refractivity (Wildman–Crippen MR) is 68.4 cm³/mol. The van der Waals surface area contributed by atoms with E-state index in [0.29, 0.717) is 6.42 Å². The van der Waals surface area contributed by atoms with Crippen LogP contribution < -0.4 is 4.90 Å². The Morgan fingerprint density at radius 3 is 2.65 bits per heavy atom. The van der Waals surface area contributed by atoms with Crippen molar-refractivity contribution in [1.82, 2.24) is 0 Å². The minimum atomic E-state index is -0.721. The van der Waals surface area contributed by atoms with Gasteiger partial charge in [-0.3, -0.25) is 4.79 Å². The van der Waals surface area contributed by atoms with Crippen molar-refractivity contribution in [3.63, 3.8) is 0 Å². The standard InChI is InChI=1S/C14H19NO2/c1-11(14(16)17)10-12-6-2-3-7-13(12)15-8-4-5-9-15/h2-3,6-7,11H,4-5,8-10H2,1H3,(H,16,17). The highest BCUT2D eigenvalue weighted by Gasteiger charge is 2.18. The Hall–Kier alpha value is -1.51. The molecule has 0 amide bonds. The summed E-state index contributed by atoms with van der Waals surface area (Å²) >= 11 is 0. The summed E-state index contributed by atoms with van der Waals surface area (Å²) in [7, 11) is 0. The van der Waals surface area contributed by atoms with Crippen LogP contribution in [0, 0.1) is 5.92 Å². The number of hydrogen-bond acceptors (Lipinski definition) is 2. The molecule has 0 bridgehead atoms. The first kappa shape index (κ1) is 12.0.